The molecule has 0 aromatic rings. The third kappa shape index (κ3) is 81.2. The third-order valence-electron chi connectivity index (χ3n) is 1.54. The van der Waals surface area contributed by atoms with E-state index in [0.717, 1.165) is 26.2 Å². The van der Waals surface area contributed by atoms with Crippen LogP contribution in [0.15, 0.2) is 0 Å². The minimum Gasteiger partial charge on any atom is -0.385 e. The van der Waals surface area contributed by atoms with E-state index >= 15 is 0 Å². The van der Waals surface area contributed by atoms with Crippen LogP contribution in [-0.2, 0) is 28.4 Å². The lowest BCUT2D eigenvalue weighted by Gasteiger charge is -1.91. The molecule has 0 heterocycles. The summed E-state index contributed by atoms with van der Waals surface area (Å²) < 4.78 is 27.8. The summed E-state index contributed by atoms with van der Waals surface area (Å²) in [6.07, 6.45) is 1.12. The van der Waals surface area contributed by atoms with Crippen LogP contribution in [0.5, 0.6) is 0 Å². The Morgan fingerprint density at radius 3 is 0.952 bits per heavy atom. The molecule has 6 nitrogen and oxygen atoms in total. The molecule has 0 fully saturated rings. The van der Waals surface area contributed by atoms with Crippen molar-refractivity contribution in [1.82, 2.24) is 0 Å². The number of rotatable bonds is 9. The van der Waals surface area contributed by atoms with E-state index in [1.807, 2.05) is 13.8 Å². The molecule has 0 aliphatic rings. The van der Waals surface area contributed by atoms with Crippen molar-refractivity contribution >= 4 is 0 Å². The van der Waals surface area contributed by atoms with Gasteiger partial charge in [0.15, 0.2) is 0 Å². The fourth-order valence-corrected chi connectivity index (χ4v) is 0.693. The lowest BCUT2D eigenvalue weighted by Crippen LogP contribution is -1.96. The molecule has 0 atom stereocenters. The summed E-state index contributed by atoms with van der Waals surface area (Å²) in [7, 11) is 8.19. The first-order valence-corrected chi connectivity index (χ1v) is 7.18. The lowest BCUT2D eigenvalue weighted by atomic mass is 10.5. The van der Waals surface area contributed by atoms with Crippen LogP contribution in [0, 0.1) is 0 Å². The molecule has 21 heavy (non-hydrogen) atoms. The van der Waals surface area contributed by atoms with Gasteiger partial charge in [0, 0.05) is 55.4 Å². The van der Waals surface area contributed by atoms with Crippen LogP contribution in [0.3, 0.4) is 0 Å². The lowest BCUT2D eigenvalue weighted by molar-refractivity contribution is -0.00271. The Balaban J connectivity index is -0.0000000921. The molecule has 0 spiro atoms. The van der Waals surface area contributed by atoms with Gasteiger partial charge in [-0.15, -0.1) is 0 Å². The van der Waals surface area contributed by atoms with Gasteiger partial charge >= 0.3 is 0 Å². The van der Waals surface area contributed by atoms with Crippen LogP contribution in [0.2, 0.25) is 0 Å². The first-order chi connectivity index (χ1) is 10.2. The average molecular weight is 314 g/mol. The molecular formula is C15H38O6. The minimum atomic E-state index is 0.389. The minimum absolute atomic E-state index is 0.389. The van der Waals surface area contributed by atoms with E-state index in [1.165, 1.54) is 0 Å². The zero-order valence-electron chi connectivity index (χ0n) is 15.4. The van der Waals surface area contributed by atoms with Crippen molar-refractivity contribution in [2.75, 3.05) is 75.4 Å². The predicted octanol–water partition coefficient (Wildman–Crippen LogP) is 2.60. The summed E-state index contributed by atoms with van der Waals surface area (Å²) in [5, 5.41) is 0. The predicted molar refractivity (Wildman–Crippen MR) is 87.0 cm³/mol. The number of ether oxygens (including phenoxy) is 6. The molecule has 0 aliphatic heterocycles. The molecule has 0 N–H and O–H groups in total. The topological polar surface area (TPSA) is 55.4 Å². The molecule has 0 aromatic heterocycles. The average Bonchev–Trinajstić information content (AvgIpc) is 2.49. The smallest absolute Gasteiger partial charge is 0.145 e. The summed E-state index contributed by atoms with van der Waals surface area (Å²) in [6.45, 7) is 10.4. The van der Waals surface area contributed by atoms with Gasteiger partial charge in [-0.05, 0) is 20.3 Å². The highest BCUT2D eigenvalue weighted by Crippen LogP contribution is 1.70. The van der Waals surface area contributed by atoms with Gasteiger partial charge in [-0.25, -0.2) is 0 Å². The second-order valence-corrected chi connectivity index (χ2v) is 3.46. The van der Waals surface area contributed by atoms with Crippen LogP contribution < -0.4 is 0 Å². The molecule has 0 saturated carbocycles. The maximum absolute atomic E-state index is 4.83. The highest BCUT2D eigenvalue weighted by Gasteiger charge is 1.73. The SMILES string of the molecule is CCCOC.CCOCC.COCCOC.COCOC. The van der Waals surface area contributed by atoms with E-state index in [1.54, 1.807) is 35.5 Å². The standard InChI is InChI=1S/C4H10O2.2C4H10O.C3H8O2/c1-5-3-4-6-2;1-3-4-5-2;1-3-5-4-2;1-4-3-5-2/h3-4H2,1-2H3;2*3-4H2,1-2H3;3H2,1-2H3. The summed E-state index contributed by atoms with van der Waals surface area (Å²) >= 11 is 0. The van der Waals surface area contributed by atoms with E-state index in [2.05, 4.69) is 25.9 Å². The Bertz CT molecular complexity index is 90.1. The Morgan fingerprint density at radius 1 is 0.524 bits per heavy atom. The van der Waals surface area contributed by atoms with Crippen molar-refractivity contribution in [3.63, 3.8) is 0 Å². The quantitative estimate of drug-likeness (QED) is 0.482. The van der Waals surface area contributed by atoms with Gasteiger partial charge in [0.1, 0.15) is 6.79 Å². The van der Waals surface area contributed by atoms with Gasteiger partial charge in [-0.3, -0.25) is 0 Å². The zero-order valence-corrected chi connectivity index (χ0v) is 15.4. The van der Waals surface area contributed by atoms with E-state index < -0.39 is 0 Å². The maximum atomic E-state index is 4.83. The summed E-state index contributed by atoms with van der Waals surface area (Å²) in [5.41, 5.74) is 0. The fraction of sp³-hybridized carbons (Fsp3) is 1.00. The fourth-order valence-electron chi connectivity index (χ4n) is 0.693. The monoisotopic (exact) mass is 314 g/mol. The van der Waals surface area contributed by atoms with Crippen LogP contribution in [0.4, 0.5) is 0 Å². The van der Waals surface area contributed by atoms with Gasteiger partial charge in [0.2, 0.25) is 0 Å². The maximum Gasteiger partial charge on any atom is 0.145 e. The highest BCUT2D eigenvalue weighted by molar-refractivity contribution is 4.18. The van der Waals surface area contributed by atoms with Gasteiger partial charge in [-0.1, -0.05) is 6.92 Å². The van der Waals surface area contributed by atoms with Gasteiger partial charge < -0.3 is 28.4 Å². The molecule has 0 aliphatic carbocycles. The van der Waals surface area contributed by atoms with Crippen molar-refractivity contribution in [3.05, 3.63) is 0 Å². The van der Waals surface area contributed by atoms with E-state index in [4.69, 9.17) is 9.47 Å². The van der Waals surface area contributed by atoms with E-state index in [-0.39, 0.29) is 0 Å². The molecule has 134 valence electrons. The molecule has 0 radical (unpaired) electrons. The van der Waals surface area contributed by atoms with E-state index in [9.17, 15) is 0 Å². The molecule has 0 rings (SSSR count). The van der Waals surface area contributed by atoms with Gasteiger partial charge in [-0.2, -0.15) is 0 Å². The van der Waals surface area contributed by atoms with Gasteiger partial charge in [0.05, 0.1) is 13.2 Å². The van der Waals surface area contributed by atoms with Crippen molar-refractivity contribution in [2.24, 2.45) is 0 Å². The van der Waals surface area contributed by atoms with Gasteiger partial charge in [0.25, 0.3) is 0 Å². The van der Waals surface area contributed by atoms with Crippen LogP contribution in [-0.4, -0.2) is 75.4 Å². The number of hydrogen-bond acceptors (Lipinski definition) is 6. The highest BCUT2D eigenvalue weighted by atomic mass is 16.6. The number of methoxy groups -OCH3 is 5. The number of hydrogen-bond donors (Lipinski definition) is 0. The normalized spacial score (nSPS) is 8.57. The Kier molecular flexibility index (Phi) is 58.7. The second kappa shape index (κ2) is 42.7. The Labute approximate surface area is 132 Å². The largest absolute Gasteiger partial charge is 0.385 e. The van der Waals surface area contributed by atoms with Crippen LogP contribution in [0.25, 0.3) is 0 Å². The second-order valence-electron chi connectivity index (χ2n) is 3.46. The molecule has 0 aromatic carbocycles. The summed E-state index contributed by atoms with van der Waals surface area (Å²) in [6, 6.07) is 0. The van der Waals surface area contributed by atoms with Crippen LogP contribution in [0.1, 0.15) is 27.2 Å². The summed E-state index contributed by atoms with van der Waals surface area (Å²) in [4.78, 5) is 0. The van der Waals surface area contributed by atoms with Crippen LogP contribution >= 0.6 is 0 Å². The third-order valence-corrected chi connectivity index (χ3v) is 1.54. The zero-order chi connectivity index (χ0) is 17.2. The van der Waals surface area contributed by atoms with Crippen molar-refractivity contribution in [2.45, 2.75) is 27.2 Å². The first kappa shape index (κ1) is 28.9. The molecular weight excluding hydrogens is 276 g/mol. The van der Waals surface area contributed by atoms with Crippen molar-refractivity contribution in [1.29, 1.82) is 0 Å². The molecule has 0 unspecified atom stereocenters. The molecule has 0 saturated heterocycles. The first-order valence-electron chi connectivity index (χ1n) is 7.18. The van der Waals surface area contributed by atoms with Crippen molar-refractivity contribution in [3.8, 4) is 0 Å². The summed E-state index contributed by atoms with van der Waals surface area (Å²) in [5.74, 6) is 0. The Hall–Kier alpha value is -0.240. The molecule has 6 heteroatoms. The molecule has 0 bridgehead atoms. The van der Waals surface area contributed by atoms with Crippen molar-refractivity contribution < 1.29 is 28.4 Å². The molecule has 0 amide bonds. The van der Waals surface area contributed by atoms with E-state index in [0.29, 0.717) is 20.0 Å². The Morgan fingerprint density at radius 2 is 0.905 bits per heavy atom.